The number of carbonyl (C=O) groups is 2. The molecular weight excluding hydrogens is 342 g/mol. The zero-order chi connectivity index (χ0) is 18.6. The first kappa shape index (κ1) is 17.1. The van der Waals surface area contributed by atoms with Gasteiger partial charge in [0, 0.05) is 42.8 Å². The number of nitrogens with one attached hydrogen (secondary N) is 1. The van der Waals surface area contributed by atoms with E-state index in [2.05, 4.69) is 5.32 Å². The van der Waals surface area contributed by atoms with Gasteiger partial charge in [0.15, 0.2) is 5.76 Å². The van der Waals surface area contributed by atoms with Gasteiger partial charge in [-0.3, -0.25) is 9.59 Å². The van der Waals surface area contributed by atoms with E-state index in [1.165, 1.54) is 6.26 Å². The number of benzene rings is 1. The van der Waals surface area contributed by atoms with E-state index in [4.69, 9.17) is 4.42 Å². The van der Waals surface area contributed by atoms with Crippen LogP contribution in [0.3, 0.4) is 0 Å². The van der Waals surface area contributed by atoms with Crippen molar-refractivity contribution in [2.45, 2.75) is 18.9 Å². The summed E-state index contributed by atoms with van der Waals surface area (Å²) in [5.41, 5.74) is 1.71. The van der Waals surface area contributed by atoms with Crippen LogP contribution in [0.5, 0.6) is 0 Å². The molecule has 1 aliphatic heterocycles. The molecule has 1 fully saturated rings. The third-order valence-corrected chi connectivity index (χ3v) is 4.88. The molecule has 6 heteroatoms. The molecule has 0 aliphatic carbocycles. The maximum absolute atomic E-state index is 12.7. The molecule has 1 saturated heterocycles. The second kappa shape index (κ2) is 7.53. The predicted molar refractivity (Wildman–Crippen MR) is 101 cm³/mol. The zero-order valence-corrected chi connectivity index (χ0v) is 14.9. The smallest absolute Gasteiger partial charge is 0.287 e. The normalized spacial score (nSPS) is 14.9. The van der Waals surface area contributed by atoms with Gasteiger partial charge in [-0.25, -0.2) is 0 Å². The predicted octanol–water partition coefficient (Wildman–Crippen LogP) is 3.10. The molecule has 0 saturated carbocycles. The van der Waals surface area contributed by atoms with Crippen molar-refractivity contribution in [2.24, 2.45) is 0 Å². The number of carbonyl (C=O) groups excluding carboxylic acids is 2. The van der Waals surface area contributed by atoms with Crippen molar-refractivity contribution in [3.05, 3.63) is 78.5 Å². The lowest BCUT2D eigenvalue weighted by molar-refractivity contribution is 0.0695. The van der Waals surface area contributed by atoms with Crippen LogP contribution in [0.2, 0.25) is 0 Å². The first-order valence-electron chi connectivity index (χ1n) is 9.08. The Morgan fingerprint density at radius 2 is 1.67 bits per heavy atom. The molecule has 0 radical (unpaired) electrons. The minimum atomic E-state index is -0.203. The number of piperidine rings is 1. The number of amides is 2. The molecular formula is C21H21N3O3. The Morgan fingerprint density at radius 3 is 2.30 bits per heavy atom. The van der Waals surface area contributed by atoms with Gasteiger partial charge < -0.3 is 19.2 Å². The van der Waals surface area contributed by atoms with Crippen LogP contribution in [0.15, 0.2) is 71.6 Å². The van der Waals surface area contributed by atoms with Gasteiger partial charge in [-0.2, -0.15) is 0 Å². The largest absolute Gasteiger partial charge is 0.459 e. The van der Waals surface area contributed by atoms with Gasteiger partial charge in [0.05, 0.1) is 6.26 Å². The van der Waals surface area contributed by atoms with Crippen LogP contribution in [0.1, 0.15) is 33.8 Å². The van der Waals surface area contributed by atoms with Crippen molar-refractivity contribution in [1.29, 1.82) is 0 Å². The summed E-state index contributed by atoms with van der Waals surface area (Å²) in [6, 6.07) is 14.9. The zero-order valence-electron chi connectivity index (χ0n) is 14.9. The SMILES string of the molecule is O=C(NC1CCN(C(=O)c2ccc(-n3cccc3)cc2)CC1)c1ccco1. The fourth-order valence-electron chi connectivity index (χ4n) is 3.36. The Hall–Kier alpha value is -3.28. The second-order valence-electron chi connectivity index (χ2n) is 6.65. The second-order valence-corrected chi connectivity index (χ2v) is 6.65. The maximum Gasteiger partial charge on any atom is 0.287 e. The van der Waals surface area contributed by atoms with Crippen LogP contribution in [0, 0.1) is 0 Å². The third-order valence-electron chi connectivity index (χ3n) is 4.88. The highest BCUT2D eigenvalue weighted by Gasteiger charge is 2.25. The summed E-state index contributed by atoms with van der Waals surface area (Å²) in [6.45, 7) is 1.25. The standard InChI is InChI=1S/C21H21N3O3/c25-20(19-4-3-15-27-19)22-17-9-13-24(14-10-17)21(26)16-5-7-18(8-6-16)23-11-1-2-12-23/h1-8,11-12,15,17H,9-10,13-14H2,(H,22,25). The number of hydrogen-bond acceptors (Lipinski definition) is 3. The van der Waals surface area contributed by atoms with Crippen molar-refractivity contribution in [2.75, 3.05) is 13.1 Å². The van der Waals surface area contributed by atoms with Crippen LogP contribution >= 0.6 is 0 Å². The molecule has 0 spiro atoms. The summed E-state index contributed by atoms with van der Waals surface area (Å²) in [5.74, 6) is 0.145. The van der Waals surface area contributed by atoms with E-state index < -0.39 is 0 Å². The highest BCUT2D eigenvalue weighted by atomic mass is 16.3. The van der Waals surface area contributed by atoms with Crippen molar-refractivity contribution >= 4 is 11.8 Å². The van der Waals surface area contributed by atoms with Crippen LogP contribution in [-0.4, -0.2) is 40.4 Å². The number of likely N-dealkylation sites (tertiary alicyclic amines) is 1. The molecule has 1 N–H and O–H groups in total. The average molecular weight is 363 g/mol. The van der Waals surface area contributed by atoms with Crippen molar-refractivity contribution in [1.82, 2.24) is 14.8 Å². The molecule has 3 aromatic rings. The first-order chi connectivity index (χ1) is 13.2. The third kappa shape index (κ3) is 3.79. The highest BCUT2D eigenvalue weighted by Crippen LogP contribution is 2.16. The molecule has 1 aromatic carbocycles. The fraction of sp³-hybridized carbons (Fsp3) is 0.238. The molecule has 27 heavy (non-hydrogen) atoms. The van der Waals surface area contributed by atoms with Gasteiger partial charge in [-0.15, -0.1) is 0 Å². The number of rotatable bonds is 4. The van der Waals surface area contributed by atoms with Crippen molar-refractivity contribution < 1.29 is 14.0 Å². The van der Waals surface area contributed by atoms with E-state index in [-0.39, 0.29) is 17.9 Å². The van der Waals surface area contributed by atoms with E-state index >= 15 is 0 Å². The van der Waals surface area contributed by atoms with E-state index in [1.54, 1.807) is 12.1 Å². The van der Waals surface area contributed by atoms with Crippen LogP contribution in [-0.2, 0) is 0 Å². The molecule has 138 valence electrons. The van der Waals surface area contributed by atoms with E-state index in [9.17, 15) is 9.59 Å². The van der Waals surface area contributed by atoms with Crippen LogP contribution < -0.4 is 5.32 Å². The lowest BCUT2D eigenvalue weighted by Crippen LogP contribution is -2.46. The topological polar surface area (TPSA) is 67.5 Å². The minimum Gasteiger partial charge on any atom is -0.459 e. The number of hydrogen-bond donors (Lipinski definition) is 1. The van der Waals surface area contributed by atoms with Gasteiger partial charge in [0.2, 0.25) is 0 Å². The molecule has 2 amide bonds. The molecule has 3 heterocycles. The van der Waals surface area contributed by atoms with Gasteiger partial charge in [-0.05, 0) is 61.4 Å². The lowest BCUT2D eigenvalue weighted by atomic mass is 10.0. The van der Waals surface area contributed by atoms with Gasteiger partial charge in [0.25, 0.3) is 11.8 Å². The molecule has 4 rings (SSSR count). The van der Waals surface area contributed by atoms with Gasteiger partial charge in [0.1, 0.15) is 0 Å². The summed E-state index contributed by atoms with van der Waals surface area (Å²) in [4.78, 5) is 26.6. The van der Waals surface area contributed by atoms with Crippen LogP contribution in [0.4, 0.5) is 0 Å². The van der Waals surface area contributed by atoms with Crippen molar-refractivity contribution in [3.8, 4) is 5.69 Å². The summed E-state index contributed by atoms with van der Waals surface area (Å²) in [7, 11) is 0. The van der Waals surface area contributed by atoms with E-state index in [0.29, 0.717) is 24.4 Å². The molecule has 0 atom stereocenters. The lowest BCUT2D eigenvalue weighted by Gasteiger charge is -2.32. The quantitative estimate of drug-likeness (QED) is 0.774. The molecule has 6 nitrogen and oxygen atoms in total. The van der Waals surface area contributed by atoms with Crippen LogP contribution in [0.25, 0.3) is 5.69 Å². The summed E-state index contributed by atoms with van der Waals surface area (Å²) >= 11 is 0. The number of aromatic nitrogens is 1. The molecule has 0 unspecified atom stereocenters. The monoisotopic (exact) mass is 363 g/mol. The number of furan rings is 1. The van der Waals surface area contributed by atoms with Gasteiger partial charge in [-0.1, -0.05) is 0 Å². The molecule has 0 bridgehead atoms. The average Bonchev–Trinajstić information content (AvgIpc) is 3.42. The Labute approximate surface area is 157 Å². The first-order valence-corrected chi connectivity index (χ1v) is 9.08. The molecule has 2 aromatic heterocycles. The number of nitrogens with zero attached hydrogens (tertiary/aromatic N) is 2. The van der Waals surface area contributed by atoms with Gasteiger partial charge >= 0.3 is 0 Å². The Kier molecular flexibility index (Phi) is 4.78. The summed E-state index contributed by atoms with van der Waals surface area (Å²) in [5, 5.41) is 2.97. The highest BCUT2D eigenvalue weighted by molar-refractivity contribution is 5.94. The minimum absolute atomic E-state index is 0.0323. The fourth-order valence-corrected chi connectivity index (χ4v) is 3.36. The Balaban J connectivity index is 1.32. The Bertz CT molecular complexity index is 891. The molecule has 1 aliphatic rings. The summed E-state index contributed by atoms with van der Waals surface area (Å²) in [6.07, 6.45) is 6.90. The summed E-state index contributed by atoms with van der Waals surface area (Å²) < 4.78 is 7.11. The van der Waals surface area contributed by atoms with Crippen molar-refractivity contribution in [3.63, 3.8) is 0 Å². The maximum atomic E-state index is 12.7. The Morgan fingerprint density at radius 1 is 0.963 bits per heavy atom. The van der Waals surface area contributed by atoms with E-state index in [1.807, 2.05) is 58.3 Å². The van der Waals surface area contributed by atoms with E-state index in [0.717, 1.165) is 18.5 Å².